The largest absolute Gasteiger partial charge is 0.382 e. The molecule has 0 unspecified atom stereocenters. The highest BCUT2D eigenvalue weighted by atomic mass is 32.1. The summed E-state index contributed by atoms with van der Waals surface area (Å²) in [5, 5.41) is 6.74. The Morgan fingerprint density at radius 1 is 1.24 bits per heavy atom. The lowest BCUT2D eigenvalue weighted by atomic mass is 10.3. The predicted octanol–water partition coefficient (Wildman–Crippen LogP) is -1.29. The molecule has 2 saturated heterocycles. The average Bonchev–Trinajstić information content (AvgIpc) is 2.89. The van der Waals surface area contributed by atoms with Gasteiger partial charge in [0.05, 0.1) is 6.54 Å². The van der Waals surface area contributed by atoms with Crippen molar-refractivity contribution < 1.29 is 9.59 Å². The second kappa shape index (κ2) is 5.86. The minimum atomic E-state index is -0.207. The molecule has 0 atom stereocenters. The third kappa shape index (κ3) is 2.93. The molecule has 2 fully saturated rings. The molecule has 0 aromatic carbocycles. The second-order valence-corrected chi connectivity index (χ2v) is 6.00. The molecule has 8 nitrogen and oxygen atoms in total. The molecule has 114 valence electrons. The van der Waals surface area contributed by atoms with Crippen LogP contribution in [-0.2, 0) is 4.79 Å². The van der Waals surface area contributed by atoms with Gasteiger partial charge in [0.25, 0.3) is 5.91 Å². The van der Waals surface area contributed by atoms with E-state index in [9.17, 15) is 9.59 Å². The third-order valence-corrected chi connectivity index (χ3v) is 4.67. The highest BCUT2D eigenvalue weighted by Crippen LogP contribution is 2.29. The van der Waals surface area contributed by atoms with Crippen LogP contribution in [0, 0.1) is 0 Å². The van der Waals surface area contributed by atoms with Gasteiger partial charge in [-0.25, -0.2) is 4.98 Å². The van der Waals surface area contributed by atoms with Gasteiger partial charge in [0, 0.05) is 39.3 Å². The van der Waals surface area contributed by atoms with Crippen LogP contribution in [0.15, 0.2) is 0 Å². The fraction of sp³-hybridized carbons (Fsp3) is 0.583. The maximum absolute atomic E-state index is 12.5. The van der Waals surface area contributed by atoms with Crippen LogP contribution in [-0.4, -0.2) is 67.5 Å². The number of hydrogen-bond donors (Lipinski definition) is 3. The molecule has 0 aliphatic carbocycles. The van der Waals surface area contributed by atoms with Gasteiger partial charge in [-0.2, -0.15) is 0 Å². The van der Waals surface area contributed by atoms with Crippen LogP contribution in [0.1, 0.15) is 9.67 Å². The van der Waals surface area contributed by atoms with Crippen molar-refractivity contribution in [1.29, 1.82) is 0 Å². The zero-order chi connectivity index (χ0) is 14.8. The zero-order valence-corrected chi connectivity index (χ0v) is 12.4. The molecule has 1 aromatic rings. The number of piperazine rings is 2. The monoisotopic (exact) mass is 310 g/mol. The van der Waals surface area contributed by atoms with Crippen LogP contribution in [0.3, 0.4) is 0 Å². The molecular weight excluding hydrogens is 292 g/mol. The van der Waals surface area contributed by atoms with Gasteiger partial charge in [-0.3, -0.25) is 9.59 Å². The molecule has 2 amide bonds. The summed E-state index contributed by atoms with van der Waals surface area (Å²) in [6, 6.07) is 0. The van der Waals surface area contributed by atoms with Crippen molar-refractivity contribution in [3.05, 3.63) is 4.88 Å². The van der Waals surface area contributed by atoms with E-state index in [1.807, 2.05) is 0 Å². The van der Waals surface area contributed by atoms with Gasteiger partial charge < -0.3 is 26.2 Å². The second-order valence-electron chi connectivity index (χ2n) is 5.02. The van der Waals surface area contributed by atoms with E-state index in [-0.39, 0.29) is 24.2 Å². The number of nitrogen functional groups attached to an aromatic ring is 1. The summed E-state index contributed by atoms with van der Waals surface area (Å²) in [6.45, 7) is 4.57. The normalized spacial score (nSPS) is 19.5. The van der Waals surface area contributed by atoms with E-state index in [4.69, 9.17) is 5.73 Å². The fourth-order valence-corrected chi connectivity index (χ4v) is 3.43. The van der Waals surface area contributed by atoms with Crippen LogP contribution in [0.25, 0.3) is 0 Å². The maximum Gasteiger partial charge on any atom is 0.268 e. The van der Waals surface area contributed by atoms with Crippen LogP contribution >= 0.6 is 11.3 Å². The number of hydrogen-bond acceptors (Lipinski definition) is 7. The van der Waals surface area contributed by atoms with Crippen molar-refractivity contribution in [2.24, 2.45) is 0 Å². The standard InChI is InChI=1S/C12H18N6O2S/c13-10-9(11(20)18-6-3-15-8(19)7-18)21-12(16-10)17-4-1-14-2-5-17/h14H,1-7,13H2,(H,15,19). The van der Waals surface area contributed by atoms with Crippen molar-refractivity contribution in [1.82, 2.24) is 20.5 Å². The summed E-state index contributed by atoms with van der Waals surface area (Å²) < 4.78 is 0. The molecule has 0 bridgehead atoms. The number of amides is 2. The summed E-state index contributed by atoms with van der Waals surface area (Å²) in [6.07, 6.45) is 0. The number of thiazole rings is 1. The van der Waals surface area contributed by atoms with Crippen molar-refractivity contribution in [3.63, 3.8) is 0 Å². The van der Waals surface area contributed by atoms with Gasteiger partial charge in [0.15, 0.2) is 5.13 Å². The van der Waals surface area contributed by atoms with E-state index in [1.165, 1.54) is 16.2 Å². The molecule has 3 heterocycles. The minimum absolute atomic E-state index is 0.0825. The number of nitrogens with zero attached hydrogens (tertiary/aromatic N) is 3. The maximum atomic E-state index is 12.5. The average molecular weight is 310 g/mol. The lowest BCUT2D eigenvalue weighted by molar-refractivity contribution is -0.123. The van der Waals surface area contributed by atoms with E-state index >= 15 is 0 Å². The first kappa shape index (κ1) is 14.1. The van der Waals surface area contributed by atoms with Gasteiger partial charge in [0.2, 0.25) is 5.91 Å². The molecule has 21 heavy (non-hydrogen) atoms. The van der Waals surface area contributed by atoms with Crippen LogP contribution < -0.4 is 21.3 Å². The number of nitrogens with two attached hydrogens (primary N) is 1. The summed E-state index contributed by atoms with van der Waals surface area (Å²) in [7, 11) is 0. The van der Waals surface area contributed by atoms with Crippen molar-refractivity contribution in [2.75, 3.05) is 56.4 Å². The van der Waals surface area contributed by atoms with E-state index in [0.29, 0.717) is 18.0 Å². The molecule has 9 heteroatoms. The number of carbonyl (C=O) groups excluding carboxylic acids is 2. The Hall–Kier alpha value is -1.87. The Balaban J connectivity index is 1.76. The molecule has 0 spiro atoms. The molecule has 0 radical (unpaired) electrons. The summed E-state index contributed by atoms with van der Waals surface area (Å²) in [4.78, 5) is 32.2. The molecule has 4 N–H and O–H groups in total. The van der Waals surface area contributed by atoms with Crippen molar-refractivity contribution >= 4 is 34.1 Å². The lowest BCUT2D eigenvalue weighted by Crippen LogP contribution is -2.49. The van der Waals surface area contributed by atoms with Gasteiger partial charge in [-0.15, -0.1) is 0 Å². The van der Waals surface area contributed by atoms with E-state index in [2.05, 4.69) is 20.5 Å². The summed E-state index contributed by atoms with van der Waals surface area (Å²) in [5.74, 6) is -0.0919. The number of anilines is 2. The van der Waals surface area contributed by atoms with Crippen LogP contribution in [0.5, 0.6) is 0 Å². The van der Waals surface area contributed by atoms with Crippen molar-refractivity contribution in [3.8, 4) is 0 Å². The topological polar surface area (TPSA) is 104 Å². The number of carbonyl (C=O) groups is 2. The molecular formula is C12H18N6O2S. The number of aromatic nitrogens is 1. The fourth-order valence-electron chi connectivity index (χ4n) is 2.42. The first-order valence-corrected chi connectivity index (χ1v) is 7.75. The Morgan fingerprint density at radius 3 is 2.71 bits per heavy atom. The minimum Gasteiger partial charge on any atom is -0.382 e. The highest BCUT2D eigenvalue weighted by Gasteiger charge is 2.27. The van der Waals surface area contributed by atoms with Gasteiger partial charge in [0.1, 0.15) is 10.7 Å². The molecule has 1 aromatic heterocycles. The van der Waals surface area contributed by atoms with Crippen LogP contribution in [0.4, 0.5) is 10.9 Å². The third-order valence-electron chi connectivity index (χ3n) is 3.55. The van der Waals surface area contributed by atoms with E-state index in [1.54, 1.807) is 0 Å². The zero-order valence-electron chi connectivity index (χ0n) is 11.6. The number of rotatable bonds is 2. The van der Waals surface area contributed by atoms with Crippen LogP contribution in [0.2, 0.25) is 0 Å². The molecule has 2 aliphatic rings. The summed E-state index contributed by atoms with van der Waals surface area (Å²) in [5.41, 5.74) is 5.90. The first-order chi connectivity index (χ1) is 10.1. The quantitative estimate of drug-likeness (QED) is 0.628. The predicted molar refractivity (Wildman–Crippen MR) is 80.5 cm³/mol. The van der Waals surface area contributed by atoms with Gasteiger partial charge in [-0.05, 0) is 0 Å². The van der Waals surface area contributed by atoms with Crippen molar-refractivity contribution in [2.45, 2.75) is 0 Å². The Morgan fingerprint density at radius 2 is 2.00 bits per heavy atom. The Kier molecular flexibility index (Phi) is 3.93. The SMILES string of the molecule is Nc1nc(N2CCNCC2)sc1C(=O)N1CCNC(=O)C1. The van der Waals surface area contributed by atoms with Gasteiger partial charge in [-0.1, -0.05) is 11.3 Å². The van der Waals surface area contributed by atoms with Gasteiger partial charge >= 0.3 is 0 Å². The molecule has 3 rings (SSSR count). The first-order valence-electron chi connectivity index (χ1n) is 6.93. The Bertz CT molecular complexity index is 554. The lowest BCUT2D eigenvalue weighted by Gasteiger charge is -2.27. The Labute approximate surface area is 126 Å². The summed E-state index contributed by atoms with van der Waals surface area (Å²) >= 11 is 1.31. The smallest absolute Gasteiger partial charge is 0.268 e. The highest BCUT2D eigenvalue weighted by molar-refractivity contribution is 7.18. The van der Waals surface area contributed by atoms with E-state index in [0.717, 1.165) is 31.3 Å². The molecule has 0 saturated carbocycles. The van der Waals surface area contributed by atoms with E-state index < -0.39 is 0 Å². The number of nitrogens with one attached hydrogen (secondary N) is 2. The molecule has 2 aliphatic heterocycles.